The highest BCUT2D eigenvalue weighted by atomic mass is 32.1. The van der Waals surface area contributed by atoms with E-state index in [9.17, 15) is 0 Å². The highest BCUT2D eigenvalue weighted by Crippen LogP contribution is 2.49. The molecular formula is C38H24OS. The van der Waals surface area contributed by atoms with Gasteiger partial charge in [0.15, 0.2) is 0 Å². The minimum Gasteiger partial charge on any atom is -0.456 e. The number of furan rings is 1. The Kier molecular flexibility index (Phi) is 5.39. The molecule has 0 spiro atoms. The quantitative estimate of drug-likeness (QED) is 0.221. The van der Waals surface area contributed by atoms with Crippen LogP contribution in [0.3, 0.4) is 0 Å². The van der Waals surface area contributed by atoms with E-state index in [1.54, 1.807) is 0 Å². The second kappa shape index (κ2) is 9.37. The Bertz CT molecular complexity index is 2150. The summed E-state index contributed by atoms with van der Waals surface area (Å²) in [5.41, 5.74) is 9.19. The molecule has 0 aliphatic carbocycles. The molecule has 8 rings (SSSR count). The average molecular weight is 529 g/mol. The summed E-state index contributed by atoms with van der Waals surface area (Å²) in [5.74, 6) is 0. The highest BCUT2D eigenvalue weighted by molar-refractivity contribution is 7.21. The molecule has 0 N–H and O–H groups in total. The summed E-state index contributed by atoms with van der Waals surface area (Å²) in [4.78, 5) is 2.57. The molecule has 0 aliphatic heterocycles. The zero-order valence-electron chi connectivity index (χ0n) is 21.7. The normalized spacial score (nSPS) is 11.5. The number of rotatable bonds is 4. The molecule has 2 aromatic heterocycles. The Morgan fingerprint density at radius 3 is 1.77 bits per heavy atom. The summed E-state index contributed by atoms with van der Waals surface area (Å²) >= 11 is 1.88. The van der Waals surface area contributed by atoms with Crippen molar-refractivity contribution in [3.63, 3.8) is 0 Å². The van der Waals surface area contributed by atoms with Gasteiger partial charge in [-0.25, -0.2) is 0 Å². The van der Waals surface area contributed by atoms with Gasteiger partial charge in [0.1, 0.15) is 11.2 Å². The van der Waals surface area contributed by atoms with Gasteiger partial charge < -0.3 is 4.42 Å². The van der Waals surface area contributed by atoms with E-state index in [0.717, 1.165) is 16.6 Å². The summed E-state index contributed by atoms with van der Waals surface area (Å²) in [6.07, 6.45) is 0. The SMILES string of the molecule is c1ccc(-c2cccc(-c3sc(-c4ccc5oc6ccccc6c5c4-c4ccccc4)c4ccccc34)c2)cc1. The third kappa shape index (κ3) is 3.69. The Balaban J connectivity index is 1.42. The fourth-order valence-corrected chi connectivity index (χ4v) is 7.19. The lowest BCUT2D eigenvalue weighted by Crippen LogP contribution is -1.85. The van der Waals surface area contributed by atoms with Gasteiger partial charge in [-0.1, -0.05) is 121 Å². The first-order chi connectivity index (χ1) is 19.8. The zero-order valence-corrected chi connectivity index (χ0v) is 22.5. The summed E-state index contributed by atoms with van der Waals surface area (Å²) < 4.78 is 6.33. The first-order valence-corrected chi connectivity index (χ1v) is 14.3. The van der Waals surface area contributed by atoms with E-state index in [2.05, 4.69) is 140 Å². The lowest BCUT2D eigenvalue weighted by atomic mass is 9.92. The average Bonchev–Trinajstić information content (AvgIpc) is 3.60. The maximum atomic E-state index is 6.33. The molecule has 0 atom stereocenters. The van der Waals surface area contributed by atoms with Gasteiger partial charge in [-0.05, 0) is 46.5 Å². The van der Waals surface area contributed by atoms with E-state index < -0.39 is 0 Å². The molecule has 0 bridgehead atoms. The monoisotopic (exact) mass is 528 g/mol. The Hall–Kier alpha value is -4.92. The molecule has 2 heteroatoms. The van der Waals surface area contributed by atoms with Gasteiger partial charge in [0.25, 0.3) is 0 Å². The third-order valence-corrected chi connectivity index (χ3v) is 9.01. The van der Waals surface area contributed by atoms with Crippen LogP contribution in [-0.2, 0) is 0 Å². The van der Waals surface area contributed by atoms with Crippen LogP contribution in [0.5, 0.6) is 0 Å². The van der Waals surface area contributed by atoms with Crippen molar-refractivity contribution < 1.29 is 4.42 Å². The Morgan fingerprint density at radius 1 is 0.400 bits per heavy atom. The minimum atomic E-state index is 0.917. The molecule has 0 fully saturated rings. The van der Waals surface area contributed by atoms with Crippen molar-refractivity contribution >= 4 is 44.0 Å². The molecule has 6 aromatic carbocycles. The molecule has 40 heavy (non-hydrogen) atoms. The van der Waals surface area contributed by atoms with Crippen LogP contribution in [0.15, 0.2) is 150 Å². The van der Waals surface area contributed by atoms with Gasteiger partial charge in [-0.15, -0.1) is 11.3 Å². The molecular weight excluding hydrogens is 504 g/mol. The molecule has 0 aliphatic rings. The van der Waals surface area contributed by atoms with Gasteiger partial charge in [0, 0.05) is 42.4 Å². The zero-order chi connectivity index (χ0) is 26.5. The first-order valence-electron chi connectivity index (χ1n) is 13.5. The van der Waals surface area contributed by atoms with Crippen molar-refractivity contribution in [3.8, 4) is 43.1 Å². The van der Waals surface area contributed by atoms with Gasteiger partial charge in [-0.2, -0.15) is 0 Å². The smallest absolute Gasteiger partial charge is 0.136 e. The van der Waals surface area contributed by atoms with Crippen molar-refractivity contribution in [1.82, 2.24) is 0 Å². The van der Waals surface area contributed by atoms with Crippen LogP contribution in [0.2, 0.25) is 0 Å². The highest BCUT2D eigenvalue weighted by Gasteiger charge is 2.21. The molecule has 1 nitrogen and oxygen atoms in total. The number of hydrogen-bond donors (Lipinski definition) is 0. The molecule has 0 unspecified atom stereocenters. The number of benzene rings is 6. The fourth-order valence-electron chi connectivity index (χ4n) is 5.89. The Labute approximate surface area is 236 Å². The van der Waals surface area contributed by atoms with E-state index in [1.807, 2.05) is 17.4 Å². The van der Waals surface area contributed by atoms with Crippen LogP contribution >= 0.6 is 11.3 Å². The summed E-state index contributed by atoms with van der Waals surface area (Å²) in [6.45, 7) is 0. The first kappa shape index (κ1) is 23.0. The van der Waals surface area contributed by atoms with Gasteiger partial charge >= 0.3 is 0 Å². The van der Waals surface area contributed by atoms with E-state index in [0.29, 0.717) is 0 Å². The van der Waals surface area contributed by atoms with Crippen LogP contribution in [-0.4, -0.2) is 0 Å². The maximum absolute atomic E-state index is 6.33. The number of para-hydroxylation sites is 1. The molecule has 8 aromatic rings. The predicted molar refractivity (Wildman–Crippen MR) is 171 cm³/mol. The lowest BCUT2D eigenvalue weighted by Gasteiger charge is -2.11. The van der Waals surface area contributed by atoms with E-state index in [4.69, 9.17) is 4.42 Å². The number of fused-ring (bicyclic) bond motifs is 4. The minimum absolute atomic E-state index is 0.917. The summed E-state index contributed by atoms with van der Waals surface area (Å²) in [7, 11) is 0. The second-order valence-electron chi connectivity index (χ2n) is 10.1. The van der Waals surface area contributed by atoms with Crippen molar-refractivity contribution in [2.45, 2.75) is 0 Å². The van der Waals surface area contributed by atoms with E-state index >= 15 is 0 Å². The number of hydrogen-bond acceptors (Lipinski definition) is 2. The van der Waals surface area contributed by atoms with Crippen molar-refractivity contribution in [3.05, 3.63) is 146 Å². The van der Waals surface area contributed by atoms with Crippen LogP contribution in [0.4, 0.5) is 0 Å². The molecule has 0 saturated heterocycles. The largest absolute Gasteiger partial charge is 0.456 e. The summed E-state index contributed by atoms with van der Waals surface area (Å²) in [5, 5.41) is 4.88. The van der Waals surface area contributed by atoms with E-state index in [-0.39, 0.29) is 0 Å². The Morgan fingerprint density at radius 2 is 1.00 bits per heavy atom. The molecule has 2 heterocycles. The van der Waals surface area contributed by atoms with Crippen molar-refractivity contribution in [2.75, 3.05) is 0 Å². The predicted octanol–water partition coefficient (Wildman–Crippen LogP) is 11.5. The van der Waals surface area contributed by atoms with Crippen LogP contribution in [0, 0.1) is 0 Å². The number of thiophene rings is 1. The van der Waals surface area contributed by atoms with Gasteiger partial charge in [0.05, 0.1) is 0 Å². The molecule has 188 valence electrons. The van der Waals surface area contributed by atoms with Crippen molar-refractivity contribution in [1.29, 1.82) is 0 Å². The van der Waals surface area contributed by atoms with Gasteiger partial charge in [-0.3, -0.25) is 0 Å². The van der Waals surface area contributed by atoms with Crippen molar-refractivity contribution in [2.24, 2.45) is 0 Å². The second-order valence-corrected chi connectivity index (χ2v) is 11.1. The molecule has 0 radical (unpaired) electrons. The summed E-state index contributed by atoms with van der Waals surface area (Å²) in [6, 6.07) is 51.8. The fraction of sp³-hybridized carbons (Fsp3) is 0. The molecule has 0 amide bonds. The van der Waals surface area contributed by atoms with E-state index in [1.165, 1.54) is 59.3 Å². The van der Waals surface area contributed by atoms with Crippen LogP contribution < -0.4 is 0 Å². The topological polar surface area (TPSA) is 13.1 Å². The standard InChI is InChI=1S/C38H24OS/c1-3-12-25(13-4-1)27-16-11-17-28(24-27)37-29-18-7-8-19-30(29)38(40-37)32-22-23-34-36(31-20-9-10-21-33(31)39-34)35(32)26-14-5-2-6-15-26/h1-24H. The lowest BCUT2D eigenvalue weighted by molar-refractivity contribution is 0.669. The van der Waals surface area contributed by atoms with Crippen LogP contribution in [0.1, 0.15) is 0 Å². The van der Waals surface area contributed by atoms with Crippen LogP contribution in [0.25, 0.3) is 75.8 Å². The molecule has 0 saturated carbocycles. The van der Waals surface area contributed by atoms with Gasteiger partial charge in [0.2, 0.25) is 0 Å². The maximum Gasteiger partial charge on any atom is 0.136 e. The third-order valence-electron chi connectivity index (χ3n) is 7.70.